The third-order valence-electron chi connectivity index (χ3n) is 3.34. The van der Waals surface area contributed by atoms with Crippen LogP contribution in [0.3, 0.4) is 0 Å². The first kappa shape index (κ1) is 8.53. The number of amidine groups is 1. The minimum absolute atomic E-state index is 0.189. The fourth-order valence-electron chi connectivity index (χ4n) is 2.37. The molecule has 1 heterocycles. The topological polar surface area (TPSA) is 58.7 Å². The van der Waals surface area contributed by atoms with Gasteiger partial charge in [-0.05, 0) is 25.2 Å². The number of urea groups is 1. The fourth-order valence-corrected chi connectivity index (χ4v) is 2.37. The number of amides is 2. The van der Waals surface area contributed by atoms with E-state index in [1.807, 2.05) is 0 Å². The van der Waals surface area contributed by atoms with Crippen molar-refractivity contribution in [2.24, 2.45) is 16.6 Å². The van der Waals surface area contributed by atoms with Gasteiger partial charge in [-0.1, -0.05) is 6.92 Å². The third kappa shape index (κ3) is 0.913. The van der Waals surface area contributed by atoms with E-state index in [9.17, 15) is 4.79 Å². The molecular weight excluding hydrogens is 166 g/mol. The number of aliphatic imine (C=N–C) groups is 1. The molecule has 2 N–H and O–H groups in total. The van der Waals surface area contributed by atoms with Gasteiger partial charge in [0.25, 0.3) is 0 Å². The van der Waals surface area contributed by atoms with Crippen LogP contribution < -0.4 is 5.73 Å². The highest BCUT2D eigenvalue weighted by atomic mass is 16.2. The van der Waals surface area contributed by atoms with Crippen molar-refractivity contribution in [3.8, 4) is 0 Å². The number of hydrogen-bond acceptors (Lipinski definition) is 2. The molecule has 0 aromatic heterocycles. The van der Waals surface area contributed by atoms with Crippen molar-refractivity contribution in [3.05, 3.63) is 0 Å². The average Bonchev–Trinajstić information content (AvgIpc) is 2.87. The van der Waals surface area contributed by atoms with E-state index in [1.54, 1.807) is 11.9 Å². The molecule has 0 bridgehead atoms. The van der Waals surface area contributed by atoms with E-state index in [-0.39, 0.29) is 11.6 Å². The summed E-state index contributed by atoms with van der Waals surface area (Å²) in [6, 6.07) is -0.189. The molecular formula is C9H15N3O. The van der Waals surface area contributed by atoms with Crippen LogP contribution in [-0.2, 0) is 0 Å². The summed E-state index contributed by atoms with van der Waals surface area (Å²) < 4.78 is 0. The Morgan fingerprint density at radius 1 is 1.69 bits per heavy atom. The lowest BCUT2D eigenvalue weighted by molar-refractivity contribution is 0.176. The molecule has 1 saturated carbocycles. The highest BCUT2D eigenvalue weighted by molar-refractivity contribution is 6.06. The smallest absolute Gasteiger partial charge is 0.345 e. The Morgan fingerprint density at radius 2 is 2.31 bits per heavy atom. The summed E-state index contributed by atoms with van der Waals surface area (Å²) in [5, 5.41) is 0. The molecule has 1 aliphatic heterocycles. The Bertz CT molecular complexity index is 283. The summed E-state index contributed by atoms with van der Waals surface area (Å²) >= 11 is 0. The lowest BCUT2D eigenvalue weighted by Gasteiger charge is -2.34. The Balaban J connectivity index is 2.38. The van der Waals surface area contributed by atoms with Crippen molar-refractivity contribution < 1.29 is 4.79 Å². The van der Waals surface area contributed by atoms with Crippen molar-refractivity contribution in [2.45, 2.75) is 31.7 Å². The van der Waals surface area contributed by atoms with Gasteiger partial charge in [0.2, 0.25) is 0 Å². The van der Waals surface area contributed by atoms with Crippen LogP contribution in [0.5, 0.6) is 0 Å². The first-order chi connectivity index (χ1) is 6.13. The maximum Gasteiger partial charge on any atom is 0.345 e. The van der Waals surface area contributed by atoms with Gasteiger partial charge in [0, 0.05) is 7.05 Å². The number of hydrogen-bond donors (Lipinski definition) is 1. The summed E-state index contributed by atoms with van der Waals surface area (Å²) in [7, 11) is 1.80. The van der Waals surface area contributed by atoms with Crippen LogP contribution in [0.2, 0.25) is 0 Å². The Hall–Kier alpha value is -1.06. The molecule has 1 unspecified atom stereocenters. The van der Waals surface area contributed by atoms with Crippen LogP contribution in [-0.4, -0.2) is 29.4 Å². The maximum absolute atomic E-state index is 11.3. The molecule has 4 heteroatoms. The number of nitrogens with zero attached hydrogens (tertiary/aromatic N) is 2. The zero-order valence-corrected chi connectivity index (χ0v) is 8.08. The van der Waals surface area contributed by atoms with Crippen molar-refractivity contribution in [2.75, 3.05) is 7.05 Å². The molecule has 0 aromatic rings. The number of carbonyl (C=O) groups excluding carboxylic acids is 1. The van der Waals surface area contributed by atoms with Crippen molar-refractivity contribution in [1.82, 2.24) is 4.90 Å². The van der Waals surface area contributed by atoms with Crippen LogP contribution in [0.15, 0.2) is 4.99 Å². The van der Waals surface area contributed by atoms with E-state index in [0.717, 1.165) is 6.42 Å². The highest BCUT2D eigenvalue weighted by Crippen LogP contribution is 2.46. The molecule has 13 heavy (non-hydrogen) atoms. The quantitative estimate of drug-likeness (QED) is 0.690. The summed E-state index contributed by atoms with van der Waals surface area (Å²) in [6.45, 7) is 2.07. The van der Waals surface area contributed by atoms with Crippen LogP contribution in [0.25, 0.3) is 0 Å². The van der Waals surface area contributed by atoms with Gasteiger partial charge in [0.1, 0.15) is 11.4 Å². The first-order valence-corrected chi connectivity index (χ1v) is 4.75. The van der Waals surface area contributed by atoms with Gasteiger partial charge < -0.3 is 10.6 Å². The van der Waals surface area contributed by atoms with Crippen LogP contribution >= 0.6 is 0 Å². The monoisotopic (exact) mass is 181 g/mol. The average molecular weight is 181 g/mol. The second kappa shape index (κ2) is 2.47. The van der Waals surface area contributed by atoms with E-state index in [0.29, 0.717) is 11.8 Å². The van der Waals surface area contributed by atoms with E-state index >= 15 is 0 Å². The molecule has 0 spiro atoms. The predicted molar refractivity (Wildman–Crippen MR) is 50.5 cm³/mol. The normalized spacial score (nSPS) is 33.8. The number of rotatable bonds is 2. The predicted octanol–water partition coefficient (Wildman–Crippen LogP) is 0.968. The van der Waals surface area contributed by atoms with Crippen LogP contribution in [0.1, 0.15) is 26.2 Å². The van der Waals surface area contributed by atoms with E-state index in [1.165, 1.54) is 12.8 Å². The molecule has 1 fully saturated rings. The lowest BCUT2D eigenvalue weighted by Crippen LogP contribution is -2.53. The molecule has 2 aliphatic rings. The zero-order valence-electron chi connectivity index (χ0n) is 8.08. The van der Waals surface area contributed by atoms with Gasteiger partial charge in [-0.2, -0.15) is 4.99 Å². The van der Waals surface area contributed by atoms with Gasteiger partial charge in [0.15, 0.2) is 0 Å². The van der Waals surface area contributed by atoms with Gasteiger partial charge in [-0.25, -0.2) is 4.79 Å². The fraction of sp³-hybridized carbons (Fsp3) is 0.778. The second-order valence-electron chi connectivity index (χ2n) is 3.89. The van der Waals surface area contributed by atoms with Crippen LogP contribution in [0.4, 0.5) is 4.79 Å². The summed E-state index contributed by atoms with van der Waals surface area (Å²) in [4.78, 5) is 16.9. The van der Waals surface area contributed by atoms with Gasteiger partial charge >= 0.3 is 6.03 Å². The lowest BCUT2D eigenvalue weighted by atomic mass is 9.88. The first-order valence-electron chi connectivity index (χ1n) is 4.75. The van der Waals surface area contributed by atoms with E-state index < -0.39 is 0 Å². The standard InChI is InChI=1S/C9H15N3O/c1-3-9(6-4-5-6)7(10)11-8(13)12(9)2/h6H,3-5H2,1-2H3,(H2,10,11,13). The SMILES string of the molecule is CCC1(C2CC2)C(N)=NC(=O)N1C. The molecule has 72 valence electrons. The minimum Gasteiger partial charge on any atom is -0.385 e. The minimum atomic E-state index is -0.253. The number of carbonyl (C=O) groups is 1. The molecule has 1 aliphatic carbocycles. The number of likely N-dealkylation sites (N-methyl/N-ethyl adjacent to an activating group) is 1. The van der Waals surface area contributed by atoms with Crippen LogP contribution in [0, 0.1) is 5.92 Å². The Morgan fingerprint density at radius 3 is 2.62 bits per heavy atom. The van der Waals surface area contributed by atoms with Crippen molar-refractivity contribution in [1.29, 1.82) is 0 Å². The molecule has 4 nitrogen and oxygen atoms in total. The van der Waals surface area contributed by atoms with Crippen molar-refractivity contribution in [3.63, 3.8) is 0 Å². The molecule has 1 atom stereocenters. The molecule has 0 radical (unpaired) electrons. The van der Waals surface area contributed by atoms with Gasteiger partial charge in [0.05, 0.1) is 0 Å². The summed E-state index contributed by atoms with van der Waals surface area (Å²) in [5.41, 5.74) is 5.58. The third-order valence-corrected chi connectivity index (χ3v) is 3.34. The van der Waals surface area contributed by atoms with E-state index in [2.05, 4.69) is 11.9 Å². The number of nitrogens with two attached hydrogens (primary N) is 1. The Kier molecular flexibility index (Phi) is 1.62. The van der Waals surface area contributed by atoms with Gasteiger partial charge in [-0.3, -0.25) is 0 Å². The highest BCUT2D eigenvalue weighted by Gasteiger charge is 2.54. The second-order valence-corrected chi connectivity index (χ2v) is 3.89. The largest absolute Gasteiger partial charge is 0.385 e. The maximum atomic E-state index is 11.3. The molecule has 2 amide bonds. The molecule has 0 saturated heterocycles. The zero-order chi connectivity index (χ0) is 9.64. The molecule has 2 rings (SSSR count). The van der Waals surface area contributed by atoms with Gasteiger partial charge in [-0.15, -0.1) is 0 Å². The summed E-state index contributed by atoms with van der Waals surface area (Å²) in [5.74, 6) is 1.06. The van der Waals surface area contributed by atoms with Crippen molar-refractivity contribution >= 4 is 11.9 Å². The Labute approximate surface area is 77.8 Å². The summed E-state index contributed by atoms with van der Waals surface area (Å²) in [6.07, 6.45) is 3.21. The van der Waals surface area contributed by atoms with E-state index in [4.69, 9.17) is 5.73 Å². The molecule has 0 aromatic carbocycles.